The lowest BCUT2D eigenvalue weighted by atomic mass is 10.1. The number of aryl methyl sites for hydroxylation is 1. The van der Waals surface area contributed by atoms with Crippen LogP contribution in [0, 0.1) is 18.3 Å². The molecule has 1 atom stereocenters. The minimum absolute atomic E-state index is 0.0841. The number of ether oxygens (including phenoxy) is 1. The number of carbonyl (C=O) groups excluding carboxylic acids is 1. The molecule has 0 unspecified atom stereocenters. The highest BCUT2D eigenvalue weighted by Crippen LogP contribution is 2.24. The topological polar surface area (TPSA) is 87.5 Å². The number of rotatable bonds is 6. The van der Waals surface area contributed by atoms with E-state index in [1.807, 2.05) is 13.0 Å². The van der Waals surface area contributed by atoms with Gasteiger partial charge in [-0.2, -0.15) is 9.57 Å². The van der Waals surface area contributed by atoms with Gasteiger partial charge in [0.25, 0.3) is 0 Å². The van der Waals surface area contributed by atoms with Crippen molar-refractivity contribution in [1.29, 1.82) is 5.26 Å². The Labute approximate surface area is 131 Å². The first-order valence-corrected chi connectivity index (χ1v) is 8.31. The first kappa shape index (κ1) is 18.1. The molecule has 0 aliphatic carbocycles. The molecule has 0 amide bonds. The summed E-state index contributed by atoms with van der Waals surface area (Å²) in [7, 11) is -2.77. The Morgan fingerprint density at radius 2 is 2.09 bits per heavy atom. The van der Waals surface area contributed by atoms with Crippen molar-refractivity contribution in [3.63, 3.8) is 0 Å². The molecule has 0 spiro atoms. The van der Waals surface area contributed by atoms with Crippen LogP contribution in [0.5, 0.6) is 0 Å². The number of methoxy groups -OCH3 is 1. The summed E-state index contributed by atoms with van der Waals surface area (Å²) in [5.74, 6) is -0.643. The Balaban J connectivity index is 3.43. The molecular weight excluding hydrogens is 304 g/mol. The van der Waals surface area contributed by atoms with Crippen molar-refractivity contribution >= 4 is 16.0 Å². The fourth-order valence-corrected chi connectivity index (χ4v) is 3.86. The number of nitrogens with zero attached hydrogens (tertiary/aromatic N) is 2. The summed E-state index contributed by atoms with van der Waals surface area (Å²) >= 11 is 0. The van der Waals surface area contributed by atoms with Gasteiger partial charge in [0.05, 0.1) is 12.7 Å². The summed E-state index contributed by atoms with van der Waals surface area (Å²) in [6, 6.07) is 6.17. The quantitative estimate of drug-likeness (QED) is 0.745. The smallest absolute Gasteiger partial charge is 0.321 e. The van der Waals surface area contributed by atoms with E-state index in [0.29, 0.717) is 12.0 Å². The first-order chi connectivity index (χ1) is 10.3. The molecule has 1 aromatic carbocycles. The Kier molecular flexibility index (Phi) is 6.09. The van der Waals surface area contributed by atoms with E-state index in [1.165, 1.54) is 13.2 Å². The molecule has 7 heteroatoms. The summed E-state index contributed by atoms with van der Waals surface area (Å²) in [6.07, 6.45) is 0.532. The van der Waals surface area contributed by atoms with Crippen molar-refractivity contribution in [3.8, 4) is 6.07 Å². The molecule has 0 aliphatic heterocycles. The highest BCUT2D eigenvalue weighted by atomic mass is 32.2. The van der Waals surface area contributed by atoms with Gasteiger partial charge in [0.2, 0.25) is 10.0 Å². The molecule has 0 aliphatic rings. The predicted octanol–water partition coefficient (Wildman–Crippen LogP) is 1.83. The number of hydrogen-bond acceptors (Lipinski definition) is 5. The SMILES string of the molecule is CC[C@H](C)N(CC(=O)OC)S(=O)(=O)c1cccc(C)c1C#N. The molecule has 1 aromatic rings. The van der Waals surface area contributed by atoms with Crippen molar-refractivity contribution in [1.82, 2.24) is 4.31 Å². The number of sulfonamides is 1. The highest BCUT2D eigenvalue weighted by molar-refractivity contribution is 7.89. The van der Waals surface area contributed by atoms with Crippen molar-refractivity contribution in [2.24, 2.45) is 0 Å². The Bertz CT molecular complexity index is 692. The molecule has 0 heterocycles. The molecule has 22 heavy (non-hydrogen) atoms. The second-order valence-corrected chi connectivity index (χ2v) is 6.80. The van der Waals surface area contributed by atoms with E-state index >= 15 is 0 Å². The highest BCUT2D eigenvalue weighted by Gasteiger charge is 2.32. The van der Waals surface area contributed by atoms with E-state index in [0.717, 1.165) is 4.31 Å². The zero-order chi connectivity index (χ0) is 16.9. The maximum absolute atomic E-state index is 12.9. The van der Waals surface area contributed by atoms with Gasteiger partial charge in [0.1, 0.15) is 17.5 Å². The van der Waals surface area contributed by atoms with Crippen LogP contribution >= 0.6 is 0 Å². The summed E-state index contributed by atoms with van der Waals surface area (Å²) in [6.45, 7) is 4.83. The van der Waals surface area contributed by atoms with Gasteiger partial charge in [0.15, 0.2) is 0 Å². The minimum atomic E-state index is -3.97. The van der Waals surface area contributed by atoms with Crippen LogP contribution in [0.2, 0.25) is 0 Å². The van der Waals surface area contributed by atoms with E-state index in [4.69, 9.17) is 0 Å². The van der Waals surface area contributed by atoms with Gasteiger partial charge in [0, 0.05) is 6.04 Å². The lowest BCUT2D eigenvalue weighted by Crippen LogP contribution is -2.42. The lowest BCUT2D eigenvalue weighted by Gasteiger charge is -2.27. The van der Waals surface area contributed by atoms with Crippen molar-refractivity contribution in [2.45, 2.75) is 38.1 Å². The third-order valence-electron chi connectivity index (χ3n) is 3.53. The third-order valence-corrected chi connectivity index (χ3v) is 5.53. The summed E-state index contributed by atoms with van der Waals surface area (Å²) in [5, 5.41) is 9.24. The van der Waals surface area contributed by atoms with E-state index in [1.54, 1.807) is 26.0 Å². The van der Waals surface area contributed by atoms with Crippen LogP contribution in [0.3, 0.4) is 0 Å². The average molecular weight is 324 g/mol. The molecule has 0 saturated carbocycles. The summed E-state index contributed by atoms with van der Waals surface area (Å²) in [4.78, 5) is 11.5. The normalized spacial score (nSPS) is 12.7. The molecule has 1 rings (SSSR count). The third kappa shape index (κ3) is 3.64. The van der Waals surface area contributed by atoms with Crippen LogP contribution in [-0.4, -0.2) is 38.4 Å². The number of carbonyl (C=O) groups is 1. The van der Waals surface area contributed by atoms with Gasteiger partial charge in [-0.1, -0.05) is 19.1 Å². The van der Waals surface area contributed by atoms with Gasteiger partial charge < -0.3 is 4.74 Å². The van der Waals surface area contributed by atoms with Crippen LogP contribution in [0.4, 0.5) is 0 Å². The monoisotopic (exact) mass is 324 g/mol. The lowest BCUT2D eigenvalue weighted by molar-refractivity contribution is -0.141. The van der Waals surface area contributed by atoms with Gasteiger partial charge in [-0.15, -0.1) is 0 Å². The van der Waals surface area contributed by atoms with Crippen molar-refractivity contribution < 1.29 is 17.9 Å². The van der Waals surface area contributed by atoms with E-state index in [2.05, 4.69) is 4.74 Å². The number of esters is 1. The summed E-state index contributed by atoms with van der Waals surface area (Å²) in [5.41, 5.74) is 0.673. The molecule has 6 nitrogen and oxygen atoms in total. The molecular formula is C15H20N2O4S. The molecule has 0 bridgehead atoms. The molecule has 0 saturated heterocycles. The predicted molar refractivity (Wildman–Crippen MR) is 81.6 cm³/mol. The van der Waals surface area contributed by atoms with E-state index in [-0.39, 0.29) is 17.0 Å². The fourth-order valence-electron chi connectivity index (χ4n) is 2.00. The maximum atomic E-state index is 12.9. The van der Waals surface area contributed by atoms with Gasteiger partial charge in [-0.05, 0) is 31.9 Å². The number of benzene rings is 1. The van der Waals surface area contributed by atoms with Gasteiger partial charge in [-0.25, -0.2) is 8.42 Å². The molecule has 120 valence electrons. The molecule has 0 N–H and O–H groups in total. The standard InChI is InChI=1S/C15H20N2O4S/c1-5-12(3)17(10-15(18)21-4)22(19,20)14-8-6-7-11(2)13(14)9-16/h6-8,12H,5,10H2,1-4H3/t12-/m0/s1. The van der Waals surface area contributed by atoms with Crippen LogP contribution < -0.4 is 0 Å². The minimum Gasteiger partial charge on any atom is -0.468 e. The number of nitriles is 1. The number of hydrogen-bond donors (Lipinski definition) is 0. The Morgan fingerprint density at radius 1 is 1.45 bits per heavy atom. The van der Waals surface area contributed by atoms with E-state index < -0.39 is 22.0 Å². The average Bonchev–Trinajstić information content (AvgIpc) is 2.50. The molecule has 0 radical (unpaired) electrons. The van der Waals surface area contributed by atoms with Crippen LogP contribution in [-0.2, 0) is 19.6 Å². The van der Waals surface area contributed by atoms with Crippen molar-refractivity contribution in [3.05, 3.63) is 29.3 Å². The van der Waals surface area contributed by atoms with Gasteiger partial charge >= 0.3 is 5.97 Å². The Hall–Kier alpha value is -1.91. The maximum Gasteiger partial charge on any atom is 0.321 e. The van der Waals surface area contributed by atoms with Crippen molar-refractivity contribution in [2.75, 3.05) is 13.7 Å². The van der Waals surface area contributed by atoms with Gasteiger partial charge in [-0.3, -0.25) is 4.79 Å². The molecule has 0 aromatic heterocycles. The first-order valence-electron chi connectivity index (χ1n) is 6.87. The Morgan fingerprint density at radius 3 is 2.59 bits per heavy atom. The zero-order valence-corrected chi connectivity index (χ0v) is 14.0. The second kappa shape index (κ2) is 7.38. The summed E-state index contributed by atoms with van der Waals surface area (Å²) < 4.78 is 31.4. The van der Waals surface area contributed by atoms with Crippen LogP contribution in [0.1, 0.15) is 31.4 Å². The zero-order valence-electron chi connectivity index (χ0n) is 13.2. The second-order valence-electron chi connectivity index (χ2n) is 4.94. The van der Waals surface area contributed by atoms with E-state index in [9.17, 15) is 18.5 Å². The molecule has 0 fully saturated rings. The largest absolute Gasteiger partial charge is 0.468 e. The van der Waals surface area contributed by atoms with Crippen LogP contribution in [0.25, 0.3) is 0 Å². The van der Waals surface area contributed by atoms with Crippen LogP contribution in [0.15, 0.2) is 23.1 Å². The fraction of sp³-hybridized carbons (Fsp3) is 0.467.